The van der Waals surface area contributed by atoms with Crippen LogP contribution in [0.4, 0.5) is 0 Å². The van der Waals surface area contributed by atoms with Crippen LogP contribution in [0.1, 0.15) is 11.1 Å². The lowest BCUT2D eigenvalue weighted by Gasteiger charge is -2.14. The van der Waals surface area contributed by atoms with E-state index in [1.807, 2.05) is 19.1 Å². The van der Waals surface area contributed by atoms with Crippen LogP contribution in [0.3, 0.4) is 0 Å². The lowest BCUT2D eigenvalue weighted by Crippen LogP contribution is -2.39. The van der Waals surface area contributed by atoms with E-state index in [-0.39, 0.29) is 11.2 Å². The van der Waals surface area contributed by atoms with Crippen molar-refractivity contribution in [1.82, 2.24) is 5.43 Å². The van der Waals surface area contributed by atoms with Crippen molar-refractivity contribution in [3.63, 3.8) is 0 Å². The third kappa shape index (κ3) is 4.03. The first-order valence-corrected chi connectivity index (χ1v) is 6.19. The van der Waals surface area contributed by atoms with Crippen molar-refractivity contribution in [2.75, 3.05) is 13.7 Å². The molecule has 0 aliphatic heterocycles. The van der Waals surface area contributed by atoms with Gasteiger partial charge >= 0.3 is 0 Å². The molecule has 1 rings (SSSR count). The Morgan fingerprint density at radius 3 is 2.71 bits per heavy atom. The fourth-order valence-corrected chi connectivity index (χ4v) is 2.46. The predicted octanol–water partition coefficient (Wildman–Crippen LogP) is 1.40. The molecule has 1 aromatic rings. The Bertz CT molecular complexity index is 396. The second kappa shape index (κ2) is 6.64. The number of carbonyl (C=O) groups is 1. The molecule has 0 aliphatic rings. The maximum atomic E-state index is 11.5. The maximum Gasteiger partial charge on any atom is 0.249 e. The van der Waals surface area contributed by atoms with E-state index in [9.17, 15) is 4.79 Å². The number of hydrogen-bond acceptors (Lipinski definition) is 4. The van der Waals surface area contributed by atoms with E-state index in [0.29, 0.717) is 6.61 Å². The standard InChI is InChI=1S/C12H18N2O2S/c1-8-4-5-10(6-9(8)2)17-11(7-16-3)12(15)14-13/h4-6,11H,7,13H2,1-3H3,(H,14,15). The highest BCUT2D eigenvalue weighted by atomic mass is 32.2. The van der Waals surface area contributed by atoms with Gasteiger partial charge in [0.25, 0.3) is 0 Å². The highest BCUT2D eigenvalue weighted by Crippen LogP contribution is 2.25. The monoisotopic (exact) mass is 254 g/mol. The Kier molecular flexibility index (Phi) is 5.47. The molecule has 0 aromatic heterocycles. The smallest absolute Gasteiger partial charge is 0.249 e. The number of amides is 1. The van der Waals surface area contributed by atoms with Gasteiger partial charge in [0.15, 0.2) is 0 Å². The average Bonchev–Trinajstić information content (AvgIpc) is 2.32. The minimum atomic E-state index is -0.327. The Morgan fingerprint density at radius 2 is 2.18 bits per heavy atom. The molecule has 0 bridgehead atoms. The highest BCUT2D eigenvalue weighted by Gasteiger charge is 2.18. The van der Waals surface area contributed by atoms with E-state index in [1.165, 1.54) is 22.9 Å². The van der Waals surface area contributed by atoms with Crippen molar-refractivity contribution < 1.29 is 9.53 Å². The van der Waals surface area contributed by atoms with Gasteiger partial charge in [-0.25, -0.2) is 5.84 Å². The van der Waals surface area contributed by atoms with E-state index >= 15 is 0 Å². The number of aryl methyl sites for hydroxylation is 2. The van der Waals surface area contributed by atoms with Gasteiger partial charge in [0.05, 0.1) is 6.61 Å². The quantitative estimate of drug-likeness (QED) is 0.361. The minimum absolute atomic E-state index is 0.227. The molecule has 94 valence electrons. The van der Waals surface area contributed by atoms with Crippen LogP contribution >= 0.6 is 11.8 Å². The highest BCUT2D eigenvalue weighted by molar-refractivity contribution is 8.00. The third-order valence-electron chi connectivity index (χ3n) is 2.51. The van der Waals surface area contributed by atoms with Gasteiger partial charge in [-0.1, -0.05) is 6.07 Å². The van der Waals surface area contributed by atoms with Crippen LogP contribution in [-0.2, 0) is 9.53 Å². The fraction of sp³-hybridized carbons (Fsp3) is 0.417. The molecular formula is C12H18N2O2S. The molecule has 0 saturated carbocycles. The number of benzene rings is 1. The number of thioether (sulfide) groups is 1. The molecule has 0 saturated heterocycles. The first kappa shape index (κ1) is 14.0. The maximum absolute atomic E-state index is 11.5. The molecule has 0 aliphatic carbocycles. The Morgan fingerprint density at radius 1 is 1.47 bits per heavy atom. The molecule has 1 amide bonds. The normalized spacial score (nSPS) is 12.2. The predicted molar refractivity (Wildman–Crippen MR) is 69.8 cm³/mol. The number of rotatable bonds is 5. The van der Waals surface area contributed by atoms with Gasteiger partial charge in [-0.3, -0.25) is 10.2 Å². The van der Waals surface area contributed by atoms with Gasteiger partial charge in [0, 0.05) is 12.0 Å². The van der Waals surface area contributed by atoms with E-state index < -0.39 is 0 Å². The third-order valence-corrected chi connectivity index (χ3v) is 3.67. The van der Waals surface area contributed by atoms with Crippen molar-refractivity contribution in [3.05, 3.63) is 29.3 Å². The van der Waals surface area contributed by atoms with Crippen LogP contribution in [-0.4, -0.2) is 24.9 Å². The van der Waals surface area contributed by atoms with Gasteiger partial charge in [-0.05, 0) is 37.1 Å². The number of ether oxygens (including phenoxy) is 1. The van der Waals surface area contributed by atoms with Gasteiger partial charge in [0.2, 0.25) is 5.91 Å². The summed E-state index contributed by atoms with van der Waals surface area (Å²) in [5.74, 6) is 4.92. The molecule has 3 N–H and O–H groups in total. The zero-order valence-electron chi connectivity index (χ0n) is 10.3. The lowest BCUT2D eigenvalue weighted by atomic mass is 10.1. The summed E-state index contributed by atoms with van der Waals surface area (Å²) in [6.07, 6.45) is 0. The topological polar surface area (TPSA) is 64.3 Å². The van der Waals surface area contributed by atoms with E-state index in [1.54, 1.807) is 7.11 Å². The Labute approximate surface area is 106 Å². The zero-order valence-corrected chi connectivity index (χ0v) is 11.1. The van der Waals surface area contributed by atoms with Gasteiger partial charge in [0.1, 0.15) is 5.25 Å². The van der Waals surface area contributed by atoms with Crippen molar-refractivity contribution in [1.29, 1.82) is 0 Å². The van der Waals surface area contributed by atoms with Gasteiger partial charge in [-0.15, -0.1) is 11.8 Å². The number of hydrazine groups is 1. The number of carbonyl (C=O) groups excluding carboxylic acids is 1. The summed E-state index contributed by atoms with van der Waals surface area (Å²) in [5.41, 5.74) is 4.60. The summed E-state index contributed by atoms with van der Waals surface area (Å²) >= 11 is 1.45. The zero-order chi connectivity index (χ0) is 12.8. The number of nitrogens with one attached hydrogen (secondary N) is 1. The number of hydrogen-bond donors (Lipinski definition) is 2. The van der Waals surface area contributed by atoms with Crippen molar-refractivity contribution in [3.8, 4) is 0 Å². The molecular weight excluding hydrogens is 236 g/mol. The van der Waals surface area contributed by atoms with Crippen molar-refractivity contribution >= 4 is 17.7 Å². The minimum Gasteiger partial charge on any atom is -0.383 e. The molecule has 1 atom stereocenters. The van der Waals surface area contributed by atoms with Crippen molar-refractivity contribution in [2.45, 2.75) is 24.0 Å². The lowest BCUT2D eigenvalue weighted by molar-refractivity contribution is -0.121. The first-order valence-electron chi connectivity index (χ1n) is 5.31. The largest absolute Gasteiger partial charge is 0.383 e. The molecule has 4 nitrogen and oxygen atoms in total. The summed E-state index contributed by atoms with van der Waals surface area (Å²) in [5, 5.41) is -0.327. The Hall–Kier alpha value is -1.04. The van der Waals surface area contributed by atoms with Crippen LogP contribution < -0.4 is 11.3 Å². The number of nitrogens with two attached hydrogens (primary N) is 1. The van der Waals surface area contributed by atoms with Crippen LogP contribution in [0.5, 0.6) is 0 Å². The molecule has 1 unspecified atom stereocenters. The van der Waals surface area contributed by atoms with Gasteiger partial charge in [-0.2, -0.15) is 0 Å². The van der Waals surface area contributed by atoms with Crippen molar-refractivity contribution in [2.24, 2.45) is 5.84 Å². The van der Waals surface area contributed by atoms with E-state index in [2.05, 4.69) is 18.4 Å². The van der Waals surface area contributed by atoms with Crippen LogP contribution in [0.2, 0.25) is 0 Å². The second-order valence-corrected chi connectivity index (χ2v) is 5.09. The molecule has 0 heterocycles. The fourth-order valence-electron chi connectivity index (χ4n) is 1.36. The van der Waals surface area contributed by atoms with Crippen LogP contribution in [0.15, 0.2) is 23.1 Å². The Balaban J connectivity index is 2.78. The SMILES string of the molecule is COCC(Sc1ccc(C)c(C)c1)C(=O)NN. The molecule has 17 heavy (non-hydrogen) atoms. The summed E-state index contributed by atoms with van der Waals surface area (Å²) in [4.78, 5) is 12.6. The average molecular weight is 254 g/mol. The second-order valence-electron chi connectivity index (χ2n) is 3.82. The summed E-state index contributed by atoms with van der Waals surface area (Å²) in [7, 11) is 1.57. The van der Waals surface area contributed by atoms with E-state index in [4.69, 9.17) is 10.6 Å². The summed E-state index contributed by atoms with van der Waals surface area (Å²) in [6.45, 7) is 4.44. The summed E-state index contributed by atoms with van der Waals surface area (Å²) < 4.78 is 5.02. The van der Waals surface area contributed by atoms with Crippen LogP contribution in [0.25, 0.3) is 0 Å². The van der Waals surface area contributed by atoms with Crippen LogP contribution in [0, 0.1) is 13.8 Å². The van der Waals surface area contributed by atoms with E-state index in [0.717, 1.165) is 4.90 Å². The molecule has 5 heteroatoms. The molecule has 0 spiro atoms. The molecule has 0 radical (unpaired) electrons. The molecule has 1 aromatic carbocycles. The first-order chi connectivity index (χ1) is 8.08. The molecule has 0 fully saturated rings. The summed E-state index contributed by atoms with van der Waals surface area (Å²) in [6, 6.07) is 6.10. The van der Waals surface area contributed by atoms with Gasteiger partial charge < -0.3 is 4.74 Å². The number of methoxy groups -OCH3 is 1.